The zero-order chi connectivity index (χ0) is 20.1. The van der Waals surface area contributed by atoms with Crippen molar-refractivity contribution in [2.24, 2.45) is 0 Å². The van der Waals surface area contributed by atoms with Crippen LogP contribution in [0.1, 0.15) is 12.5 Å². The van der Waals surface area contributed by atoms with Gasteiger partial charge in [0.25, 0.3) is 0 Å². The molecule has 0 fully saturated rings. The van der Waals surface area contributed by atoms with Crippen LogP contribution in [0.2, 0.25) is 0 Å². The topological polar surface area (TPSA) is 85.6 Å². The van der Waals surface area contributed by atoms with Gasteiger partial charge in [-0.05, 0) is 18.1 Å². The number of para-hydroxylation sites is 1. The van der Waals surface area contributed by atoms with Crippen LogP contribution in [-0.4, -0.2) is 36.6 Å². The summed E-state index contributed by atoms with van der Waals surface area (Å²) in [6.45, 7) is 2.11. The lowest BCUT2D eigenvalue weighted by molar-refractivity contribution is -0.113. The second kappa shape index (κ2) is 8.97. The zero-order valence-corrected chi connectivity index (χ0v) is 17.3. The highest BCUT2D eigenvalue weighted by molar-refractivity contribution is 7.99. The molecule has 0 aliphatic rings. The minimum atomic E-state index is -0.163. The van der Waals surface area contributed by atoms with Crippen LogP contribution in [0.5, 0.6) is 0 Å². The number of anilines is 1. The predicted octanol–water partition coefficient (Wildman–Crippen LogP) is 4.08. The third-order valence-corrected chi connectivity index (χ3v) is 6.00. The summed E-state index contributed by atoms with van der Waals surface area (Å²) in [6, 6.07) is 17.9. The lowest BCUT2D eigenvalue weighted by atomic mass is 10.1. The van der Waals surface area contributed by atoms with Crippen LogP contribution in [-0.2, 0) is 11.2 Å². The van der Waals surface area contributed by atoms with E-state index in [2.05, 4.69) is 38.7 Å². The Labute approximate surface area is 176 Å². The summed E-state index contributed by atoms with van der Waals surface area (Å²) in [6.07, 6.45) is 2.57. The summed E-state index contributed by atoms with van der Waals surface area (Å²) < 4.78 is 1.91. The zero-order valence-electron chi connectivity index (χ0n) is 15.6. The van der Waals surface area contributed by atoms with Gasteiger partial charge in [0, 0.05) is 5.56 Å². The maximum atomic E-state index is 12.4. The average molecular weight is 423 g/mol. The lowest BCUT2D eigenvalue weighted by Gasteiger charge is -2.10. The van der Waals surface area contributed by atoms with Crippen molar-refractivity contribution in [1.82, 2.24) is 25.0 Å². The fraction of sp³-hybridized carbons (Fsp3) is 0.150. The standard InChI is InChI=1S/C20H18N6OS2/c1-2-14-8-6-7-11-16(14)26-13-21-25-20(26)28-12-17(27)22-19-24-23-18(29-19)15-9-4-3-5-10-15/h3-11,13H,2,12H2,1H3,(H,22,24,27). The molecule has 4 aromatic rings. The fourth-order valence-electron chi connectivity index (χ4n) is 2.79. The molecule has 1 N–H and O–H groups in total. The molecule has 7 nitrogen and oxygen atoms in total. The average Bonchev–Trinajstić information content (AvgIpc) is 3.42. The predicted molar refractivity (Wildman–Crippen MR) is 115 cm³/mol. The van der Waals surface area contributed by atoms with Crippen LogP contribution in [0.15, 0.2) is 66.1 Å². The molecule has 0 spiro atoms. The summed E-state index contributed by atoms with van der Waals surface area (Å²) in [5, 5.41) is 21.1. The molecular weight excluding hydrogens is 404 g/mol. The number of hydrogen-bond acceptors (Lipinski definition) is 7. The highest BCUT2D eigenvalue weighted by Gasteiger charge is 2.14. The quantitative estimate of drug-likeness (QED) is 0.452. The van der Waals surface area contributed by atoms with Gasteiger partial charge in [-0.3, -0.25) is 14.7 Å². The highest BCUT2D eigenvalue weighted by Crippen LogP contribution is 2.27. The maximum Gasteiger partial charge on any atom is 0.236 e. The molecule has 2 aromatic carbocycles. The molecule has 0 saturated heterocycles. The smallest absolute Gasteiger partial charge is 0.236 e. The normalized spacial score (nSPS) is 10.8. The van der Waals surface area contributed by atoms with Gasteiger partial charge in [-0.25, -0.2) is 0 Å². The number of amides is 1. The van der Waals surface area contributed by atoms with E-state index in [1.54, 1.807) is 6.33 Å². The lowest BCUT2D eigenvalue weighted by Crippen LogP contribution is -2.14. The molecule has 0 radical (unpaired) electrons. The van der Waals surface area contributed by atoms with E-state index < -0.39 is 0 Å². The maximum absolute atomic E-state index is 12.4. The molecule has 2 aromatic heterocycles. The Hall–Kier alpha value is -3.04. The number of rotatable bonds is 7. The van der Waals surface area contributed by atoms with Gasteiger partial charge in [-0.2, -0.15) is 0 Å². The van der Waals surface area contributed by atoms with E-state index in [-0.39, 0.29) is 11.7 Å². The molecule has 0 bridgehead atoms. The molecule has 1 amide bonds. The van der Waals surface area contributed by atoms with Crippen LogP contribution >= 0.6 is 23.1 Å². The fourth-order valence-corrected chi connectivity index (χ4v) is 4.28. The Balaban J connectivity index is 1.40. The molecule has 0 aliphatic heterocycles. The summed E-state index contributed by atoms with van der Waals surface area (Å²) in [7, 11) is 0. The van der Waals surface area contributed by atoms with Crippen LogP contribution in [0.4, 0.5) is 5.13 Å². The van der Waals surface area contributed by atoms with E-state index >= 15 is 0 Å². The second-order valence-corrected chi connectivity index (χ2v) is 8.00. The minimum absolute atomic E-state index is 0.163. The van der Waals surface area contributed by atoms with Gasteiger partial charge in [0.1, 0.15) is 11.3 Å². The van der Waals surface area contributed by atoms with Gasteiger partial charge in [-0.15, -0.1) is 20.4 Å². The molecule has 0 saturated carbocycles. The summed E-state index contributed by atoms with van der Waals surface area (Å²) in [5.74, 6) is 0.0387. The first-order chi connectivity index (χ1) is 14.2. The summed E-state index contributed by atoms with van der Waals surface area (Å²) in [5.41, 5.74) is 3.20. The van der Waals surface area contributed by atoms with E-state index in [0.717, 1.165) is 22.7 Å². The van der Waals surface area contributed by atoms with Crippen molar-refractivity contribution < 1.29 is 4.79 Å². The van der Waals surface area contributed by atoms with Crippen molar-refractivity contribution in [3.63, 3.8) is 0 Å². The Kier molecular flexibility index (Phi) is 5.97. The van der Waals surface area contributed by atoms with Gasteiger partial charge in [0.05, 0.1) is 11.4 Å². The number of carbonyl (C=O) groups excluding carboxylic acids is 1. The number of carbonyl (C=O) groups is 1. The number of aryl methyl sites for hydroxylation is 1. The van der Waals surface area contributed by atoms with Crippen molar-refractivity contribution in [1.29, 1.82) is 0 Å². The van der Waals surface area contributed by atoms with Crippen molar-refractivity contribution >= 4 is 34.1 Å². The van der Waals surface area contributed by atoms with Crippen molar-refractivity contribution in [3.8, 4) is 16.3 Å². The monoisotopic (exact) mass is 422 g/mol. The van der Waals surface area contributed by atoms with E-state index in [1.807, 2.05) is 53.1 Å². The number of hydrogen-bond donors (Lipinski definition) is 1. The molecular formula is C20H18N6OS2. The number of thioether (sulfide) groups is 1. The number of benzene rings is 2. The van der Waals surface area contributed by atoms with E-state index in [4.69, 9.17) is 0 Å². The molecule has 0 unspecified atom stereocenters. The van der Waals surface area contributed by atoms with Crippen molar-refractivity contribution in [2.45, 2.75) is 18.5 Å². The van der Waals surface area contributed by atoms with Crippen LogP contribution < -0.4 is 5.32 Å². The third-order valence-electron chi connectivity index (χ3n) is 4.17. The SMILES string of the molecule is CCc1ccccc1-n1cnnc1SCC(=O)Nc1nnc(-c2ccccc2)s1. The molecule has 146 valence electrons. The van der Waals surface area contributed by atoms with Crippen LogP contribution in [0, 0.1) is 0 Å². The van der Waals surface area contributed by atoms with E-state index in [1.165, 1.54) is 28.7 Å². The molecule has 9 heteroatoms. The van der Waals surface area contributed by atoms with Gasteiger partial charge >= 0.3 is 0 Å². The van der Waals surface area contributed by atoms with Gasteiger partial charge in [0.2, 0.25) is 11.0 Å². The van der Waals surface area contributed by atoms with Gasteiger partial charge in [0.15, 0.2) is 5.16 Å². The number of nitrogens with zero attached hydrogens (tertiary/aromatic N) is 5. The van der Waals surface area contributed by atoms with Crippen LogP contribution in [0.25, 0.3) is 16.3 Å². The summed E-state index contributed by atoms with van der Waals surface area (Å²) >= 11 is 2.68. The van der Waals surface area contributed by atoms with Crippen LogP contribution in [0.3, 0.4) is 0 Å². The first-order valence-electron chi connectivity index (χ1n) is 9.04. The Morgan fingerprint density at radius 1 is 1.07 bits per heavy atom. The first kappa shape index (κ1) is 19.3. The Bertz CT molecular complexity index is 1110. The van der Waals surface area contributed by atoms with E-state index in [9.17, 15) is 4.79 Å². The first-order valence-corrected chi connectivity index (χ1v) is 10.8. The number of nitrogens with one attached hydrogen (secondary N) is 1. The van der Waals surface area contributed by atoms with Crippen molar-refractivity contribution in [2.75, 3.05) is 11.1 Å². The molecule has 2 heterocycles. The molecule has 0 atom stereocenters. The molecule has 29 heavy (non-hydrogen) atoms. The Morgan fingerprint density at radius 3 is 2.69 bits per heavy atom. The highest BCUT2D eigenvalue weighted by atomic mass is 32.2. The molecule has 0 aliphatic carbocycles. The largest absolute Gasteiger partial charge is 0.300 e. The molecule has 4 rings (SSSR count). The Morgan fingerprint density at radius 2 is 1.86 bits per heavy atom. The summed E-state index contributed by atoms with van der Waals surface area (Å²) in [4.78, 5) is 12.4. The van der Waals surface area contributed by atoms with Gasteiger partial charge < -0.3 is 0 Å². The van der Waals surface area contributed by atoms with Gasteiger partial charge in [-0.1, -0.05) is 78.6 Å². The number of aromatic nitrogens is 5. The second-order valence-electron chi connectivity index (χ2n) is 6.08. The van der Waals surface area contributed by atoms with Crippen molar-refractivity contribution in [3.05, 3.63) is 66.5 Å². The minimum Gasteiger partial charge on any atom is -0.300 e. The third kappa shape index (κ3) is 4.52. The van der Waals surface area contributed by atoms with E-state index in [0.29, 0.717) is 10.3 Å².